The molecule has 3 heterocycles. The summed E-state index contributed by atoms with van der Waals surface area (Å²) < 4.78 is 0. The van der Waals surface area contributed by atoms with Crippen molar-refractivity contribution in [3.05, 3.63) is 34.9 Å². The van der Waals surface area contributed by atoms with E-state index in [0.29, 0.717) is 6.04 Å². The van der Waals surface area contributed by atoms with Crippen LogP contribution in [0.4, 0.5) is 0 Å². The van der Waals surface area contributed by atoms with Crippen LogP contribution in [0.3, 0.4) is 0 Å². The van der Waals surface area contributed by atoms with Gasteiger partial charge in [0.25, 0.3) is 0 Å². The Morgan fingerprint density at radius 3 is 2.65 bits per heavy atom. The molecule has 0 aliphatic carbocycles. The zero-order valence-corrected chi connectivity index (χ0v) is 10.8. The molecule has 1 aromatic rings. The van der Waals surface area contributed by atoms with E-state index in [2.05, 4.69) is 22.3 Å². The number of nitrogens with zero attached hydrogens (tertiary/aromatic N) is 1. The van der Waals surface area contributed by atoms with E-state index in [1.807, 2.05) is 12.1 Å². The van der Waals surface area contributed by atoms with E-state index in [4.69, 9.17) is 11.6 Å². The topological polar surface area (TPSA) is 15.3 Å². The van der Waals surface area contributed by atoms with Crippen LogP contribution in [0.2, 0.25) is 5.02 Å². The second-order valence-electron chi connectivity index (χ2n) is 5.22. The molecule has 3 aliphatic heterocycles. The molecule has 0 aromatic heterocycles. The van der Waals surface area contributed by atoms with E-state index >= 15 is 0 Å². The van der Waals surface area contributed by atoms with Crippen LogP contribution in [-0.4, -0.2) is 30.6 Å². The molecule has 3 saturated heterocycles. The molecule has 3 fully saturated rings. The summed E-state index contributed by atoms with van der Waals surface area (Å²) in [6, 6.07) is 8.78. The summed E-state index contributed by atoms with van der Waals surface area (Å²) in [5.41, 5.74) is 1.21. The first-order valence-electron chi connectivity index (χ1n) is 6.52. The van der Waals surface area contributed by atoms with Crippen LogP contribution in [-0.2, 0) is 6.54 Å². The standard InChI is InChI=1S/C14H19ClN2/c15-13-4-2-1-3-12(13)9-16-14-10-17-7-5-11(14)6-8-17/h1-4,11,14,16H,5-10H2. The third-order valence-corrected chi connectivity index (χ3v) is 4.54. The average Bonchev–Trinajstić information content (AvgIpc) is 2.39. The first-order chi connectivity index (χ1) is 8.33. The summed E-state index contributed by atoms with van der Waals surface area (Å²) in [7, 11) is 0. The van der Waals surface area contributed by atoms with Crippen LogP contribution in [0.5, 0.6) is 0 Å². The summed E-state index contributed by atoms with van der Waals surface area (Å²) in [5, 5.41) is 4.56. The van der Waals surface area contributed by atoms with E-state index < -0.39 is 0 Å². The smallest absolute Gasteiger partial charge is 0.0450 e. The van der Waals surface area contributed by atoms with E-state index in [1.54, 1.807) is 0 Å². The van der Waals surface area contributed by atoms with Crippen molar-refractivity contribution < 1.29 is 0 Å². The Morgan fingerprint density at radius 2 is 2.00 bits per heavy atom. The van der Waals surface area contributed by atoms with Crippen LogP contribution in [0.15, 0.2) is 24.3 Å². The van der Waals surface area contributed by atoms with Gasteiger partial charge in [-0.2, -0.15) is 0 Å². The molecule has 2 nitrogen and oxygen atoms in total. The lowest BCUT2D eigenvalue weighted by Crippen LogP contribution is -2.55. The molecule has 3 heteroatoms. The average molecular weight is 251 g/mol. The van der Waals surface area contributed by atoms with E-state index in [9.17, 15) is 0 Å². The summed E-state index contributed by atoms with van der Waals surface area (Å²) in [6.07, 6.45) is 2.72. The lowest BCUT2D eigenvalue weighted by atomic mass is 9.84. The lowest BCUT2D eigenvalue weighted by molar-refractivity contribution is 0.0720. The first-order valence-corrected chi connectivity index (χ1v) is 6.90. The predicted octanol–water partition coefficient (Wildman–Crippen LogP) is 2.52. The lowest BCUT2D eigenvalue weighted by Gasteiger charge is -2.45. The monoisotopic (exact) mass is 250 g/mol. The number of piperidine rings is 3. The SMILES string of the molecule is Clc1ccccc1CNC1CN2CCC1CC2. The zero-order valence-electron chi connectivity index (χ0n) is 10.0. The van der Waals surface area contributed by atoms with Gasteiger partial charge in [-0.3, -0.25) is 0 Å². The van der Waals surface area contributed by atoms with Gasteiger partial charge in [-0.25, -0.2) is 0 Å². The maximum Gasteiger partial charge on any atom is 0.0450 e. The van der Waals surface area contributed by atoms with Gasteiger partial charge in [0.2, 0.25) is 0 Å². The van der Waals surface area contributed by atoms with Gasteiger partial charge in [-0.15, -0.1) is 0 Å². The maximum absolute atomic E-state index is 6.17. The van der Waals surface area contributed by atoms with Crippen LogP contribution < -0.4 is 5.32 Å². The summed E-state index contributed by atoms with van der Waals surface area (Å²) >= 11 is 6.17. The van der Waals surface area contributed by atoms with Gasteiger partial charge in [-0.05, 0) is 43.5 Å². The van der Waals surface area contributed by atoms with Crippen molar-refractivity contribution in [2.75, 3.05) is 19.6 Å². The minimum Gasteiger partial charge on any atom is -0.308 e. The highest BCUT2D eigenvalue weighted by atomic mass is 35.5. The molecule has 1 unspecified atom stereocenters. The number of fused-ring (bicyclic) bond motifs is 3. The molecule has 92 valence electrons. The van der Waals surface area contributed by atoms with Crippen LogP contribution in [0, 0.1) is 5.92 Å². The molecule has 0 amide bonds. The van der Waals surface area contributed by atoms with Gasteiger partial charge < -0.3 is 10.2 Å². The van der Waals surface area contributed by atoms with Gasteiger partial charge in [0.05, 0.1) is 0 Å². The fourth-order valence-electron chi connectivity index (χ4n) is 3.08. The van der Waals surface area contributed by atoms with Crippen molar-refractivity contribution >= 4 is 11.6 Å². The Bertz CT molecular complexity index is 386. The minimum absolute atomic E-state index is 0.661. The van der Waals surface area contributed by atoms with Crippen molar-refractivity contribution in [3.63, 3.8) is 0 Å². The molecular weight excluding hydrogens is 232 g/mol. The Morgan fingerprint density at radius 1 is 1.24 bits per heavy atom. The van der Waals surface area contributed by atoms with Crippen LogP contribution in [0.25, 0.3) is 0 Å². The second-order valence-corrected chi connectivity index (χ2v) is 5.62. The molecule has 17 heavy (non-hydrogen) atoms. The molecule has 1 atom stereocenters. The minimum atomic E-state index is 0.661. The summed E-state index contributed by atoms with van der Waals surface area (Å²) in [4.78, 5) is 2.57. The fraction of sp³-hybridized carbons (Fsp3) is 0.571. The molecule has 4 rings (SSSR count). The largest absolute Gasteiger partial charge is 0.308 e. The quantitative estimate of drug-likeness (QED) is 0.887. The predicted molar refractivity (Wildman–Crippen MR) is 71.2 cm³/mol. The van der Waals surface area contributed by atoms with Crippen molar-refractivity contribution in [3.8, 4) is 0 Å². The fourth-order valence-corrected chi connectivity index (χ4v) is 3.28. The zero-order chi connectivity index (χ0) is 11.7. The Labute approximate surface area is 108 Å². The third-order valence-electron chi connectivity index (χ3n) is 4.17. The molecule has 1 aromatic carbocycles. The molecule has 0 radical (unpaired) electrons. The van der Waals surface area contributed by atoms with Gasteiger partial charge >= 0.3 is 0 Å². The summed E-state index contributed by atoms with van der Waals surface area (Å²) in [6.45, 7) is 4.72. The number of benzene rings is 1. The maximum atomic E-state index is 6.17. The Hall–Kier alpha value is -0.570. The van der Waals surface area contributed by atoms with Gasteiger partial charge in [0.1, 0.15) is 0 Å². The van der Waals surface area contributed by atoms with Gasteiger partial charge in [0.15, 0.2) is 0 Å². The normalized spacial score (nSPS) is 31.7. The molecular formula is C14H19ClN2. The molecule has 1 N–H and O–H groups in total. The van der Waals surface area contributed by atoms with Crippen molar-refractivity contribution in [2.24, 2.45) is 5.92 Å². The molecule has 3 aliphatic rings. The number of nitrogens with one attached hydrogen (secondary N) is 1. The number of halogens is 1. The van der Waals surface area contributed by atoms with Crippen LogP contribution >= 0.6 is 11.6 Å². The molecule has 0 saturated carbocycles. The van der Waals surface area contributed by atoms with Gasteiger partial charge in [-0.1, -0.05) is 29.8 Å². The Balaban J connectivity index is 1.60. The van der Waals surface area contributed by atoms with E-state index in [1.165, 1.54) is 38.0 Å². The Kier molecular flexibility index (Phi) is 3.37. The number of hydrogen-bond donors (Lipinski definition) is 1. The van der Waals surface area contributed by atoms with Crippen LogP contribution in [0.1, 0.15) is 18.4 Å². The summed E-state index contributed by atoms with van der Waals surface area (Å²) in [5.74, 6) is 0.877. The van der Waals surface area contributed by atoms with Gasteiger partial charge in [0, 0.05) is 24.2 Å². The number of rotatable bonds is 3. The highest BCUT2D eigenvalue weighted by Gasteiger charge is 2.33. The third kappa shape index (κ3) is 2.49. The second kappa shape index (κ2) is 4.97. The first kappa shape index (κ1) is 11.5. The highest BCUT2D eigenvalue weighted by Crippen LogP contribution is 2.27. The number of hydrogen-bond acceptors (Lipinski definition) is 2. The van der Waals surface area contributed by atoms with E-state index in [-0.39, 0.29) is 0 Å². The van der Waals surface area contributed by atoms with E-state index in [0.717, 1.165) is 17.5 Å². The van der Waals surface area contributed by atoms with Crippen molar-refractivity contribution in [2.45, 2.75) is 25.4 Å². The molecule has 0 spiro atoms. The molecule has 2 bridgehead atoms. The van der Waals surface area contributed by atoms with Crippen molar-refractivity contribution in [1.82, 2.24) is 10.2 Å². The van der Waals surface area contributed by atoms with Crippen molar-refractivity contribution in [1.29, 1.82) is 0 Å². The highest BCUT2D eigenvalue weighted by molar-refractivity contribution is 6.31.